The minimum absolute atomic E-state index is 0.0263. The van der Waals surface area contributed by atoms with Crippen LogP contribution in [-0.4, -0.2) is 21.3 Å². The van der Waals surface area contributed by atoms with E-state index in [9.17, 15) is 4.79 Å². The molecular formula is C16H15N3O2S. The molecule has 2 N–H and O–H groups in total. The third kappa shape index (κ3) is 3.35. The minimum Gasteiger partial charge on any atom is -0.476 e. The van der Waals surface area contributed by atoms with Crippen molar-refractivity contribution in [1.82, 2.24) is 10.2 Å². The molecule has 3 aromatic rings. The van der Waals surface area contributed by atoms with E-state index in [1.807, 2.05) is 23.6 Å². The van der Waals surface area contributed by atoms with Gasteiger partial charge in [-0.3, -0.25) is 5.10 Å². The van der Waals surface area contributed by atoms with Crippen LogP contribution in [0.5, 0.6) is 0 Å². The van der Waals surface area contributed by atoms with Crippen LogP contribution < -0.4 is 4.90 Å². The molecule has 2 heterocycles. The summed E-state index contributed by atoms with van der Waals surface area (Å²) >= 11 is 1.65. The van der Waals surface area contributed by atoms with Crippen LogP contribution >= 0.6 is 11.3 Å². The average Bonchev–Trinajstić information content (AvgIpc) is 3.19. The smallest absolute Gasteiger partial charge is 0.356 e. The highest BCUT2D eigenvalue weighted by Crippen LogP contribution is 2.20. The van der Waals surface area contributed by atoms with E-state index in [0.29, 0.717) is 18.9 Å². The van der Waals surface area contributed by atoms with Gasteiger partial charge in [-0.05, 0) is 28.0 Å². The van der Waals surface area contributed by atoms with Crippen molar-refractivity contribution in [2.75, 3.05) is 4.90 Å². The molecule has 22 heavy (non-hydrogen) atoms. The van der Waals surface area contributed by atoms with Crippen molar-refractivity contribution in [3.8, 4) is 0 Å². The first-order valence-electron chi connectivity index (χ1n) is 6.81. The van der Waals surface area contributed by atoms with E-state index >= 15 is 0 Å². The van der Waals surface area contributed by atoms with Crippen LogP contribution in [-0.2, 0) is 13.1 Å². The minimum atomic E-state index is -1.03. The largest absolute Gasteiger partial charge is 0.476 e. The molecule has 112 valence electrons. The van der Waals surface area contributed by atoms with E-state index in [4.69, 9.17) is 5.11 Å². The topological polar surface area (TPSA) is 69.2 Å². The second kappa shape index (κ2) is 6.44. The van der Waals surface area contributed by atoms with E-state index < -0.39 is 5.97 Å². The first-order chi connectivity index (χ1) is 10.7. The first kappa shape index (κ1) is 14.3. The molecule has 2 aromatic heterocycles. The number of hydrogen-bond donors (Lipinski definition) is 2. The Hall–Kier alpha value is -2.60. The van der Waals surface area contributed by atoms with Gasteiger partial charge in [0.15, 0.2) is 5.69 Å². The van der Waals surface area contributed by atoms with Crippen LogP contribution in [0.15, 0.2) is 53.2 Å². The van der Waals surface area contributed by atoms with Crippen LogP contribution in [0.4, 0.5) is 5.82 Å². The van der Waals surface area contributed by atoms with Gasteiger partial charge in [0.25, 0.3) is 0 Å². The molecule has 0 aliphatic heterocycles. The number of aromatic amines is 1. The number of carboxylic acids is 1. The highest BCUT2D eigenvalue weighted by molar-refractivity contribution is 7.07. The van der Waals surface area contributed by atoms with Gasteiger partial charge in [0.1, 0.15) is 5.82 Å². The van der Waals surface area contributed by atoms with Gasteiger partial charge >= 0.3 is 5.97 Å². The van der Waals surface area contributed by atoms with Crippen molar-refractivity contribution in [2.24, 2.45) is 0 Å². The van der Waals surface area contributed by atoms with Crippen molar-refractivity contribution in [1.29, 1.82) is 0 Å². The second-order valence-electron chi connectivity index (χ2n) is 4.92. The molecule has 3 rings (SSSR count). The highest BCUT2D eigenvalue weighted by Gasteiger charge is 2.14. The van der Waals surface area contributed by atoms with Crippen molar-refractivity contribution in [3.63, 3.8) is 0 Å². The summed E-state index contributed by atoms with van der Waals surface area (Å²) in [4.78, 5) is 13.1. The maximum Gasteiger partial charge on any atom is 0.356 e. The maximum atomic E-state index is 11.0. The fourth-order valence-electron chi connectivity index (χ4n) is 2.22. The van der Waals surface area contributed by atoms with Crippen molar-refractivity contribution < 1.29 is 9.90 Å². The van der Waals surface area contributed by atoms with Crippen LogP contribution in [0.3, 0.4) is 0 Å². The van der Waals surface area contributed by atoms with E-state index in [2.05, 4.69) is 38.7 Å². The van der Waals surface area contributed by atoms with E-state index in [0.717, 1.165) is 5.56 Å². The van der Waals surface area contributed by atoms with Crippen LogP contribution in [0.1, 0.15) is 21.6 Å². The van der Waals surface area contributed by atoms with Crippen LogP contribution in [0, 0.1) is 0 Å². The summed E-state index contributed by atoms with van der Waals surface area (Å²) in [6, 6.07) is 13.7. The zero-order chi connectivity index (χ0) is 15.4. The van der Waals surface area contributed by atoms with Crippen LogP contribution in [0.25, 0.3) is 0 Å². The first-order valence-corrected chi connectivity index (χ1v) is 7.75. The molecule has 0 saturated carbocycles. The molecule has 6 heteroatoms. The molecule has 1 aromatic carbocycles. The lowest BCUT2D eigenvalue weighted by atomic mass is 10.2. The Morgan fingerprint density at radius 2 is 1.95 bits per heavy atom. The van der Waals surface area contributed by atoms with Gasteiger partial charge in [-0.25, -0.2) is 4.79 Å². The Morgan fingerprint density at radius 3 is 2.59 bits per heavy atom. The number of hydrogen-bond acceptors (Lipinski definition) is 4. The van der Waals surface area contributed by atoms with Crippen molar-refractivity contribution >= 4 is 23.1 Å². The number of aromatic nitrogens is 2. The molecule has 0 aliphatic rings. The Balaban J connectivity index is 1.86. The van der Waals surface area contributed by atoms with E-state index in [1.54, 1.807) is 17.4 Å². The third-order valence-electron chi connectivity index (χ3n) is 3.29. The molecule has 0 atom stereocenters. The molecular weight excluding hydrogens is 298 g/mol. The lowest BCUT2D eigenvalue weighted by Crippen LogP contribution is -2.22. The Labute approximate surface area is 131 Å². The molecule has 0 aliphatic carbocycles. The number of anilines is 1. The lowest BCUT2D eigenvalue weighted by molar-refractivity contribution is 0.0690. The number of thiophene rings is 1. The lowest BCUT2D eigenvalue weighted by Gasteiger charge is -2.22. The number of aromatic carboxylic acids is 1. The van der Waals surface area contributed by atoms with Gasteiger partial charge in [0, 0.05) is 19.2 Å². The molecule has 0 radical (unpaired) electrons. The summed E-state index contributed by atoms with van der Waals surface area (Å²) < 4.78 is 0. The highest BCUT2D eigenvalue weighted by atomic mass is 32.1. The van der Waals surface area contributed by atoms with Gasteiger partial charge in [-0.15, -0.1) is 0 Å². The number of rotatable bonds is 6. The van der Waals surface area contributed by atoms with Gasteiger partial charge in [0.2, 0.25) is 0 Å². The van der Waals surface area contributed by atoms with E-state index in [-0.39, 0.29) is 5.69 Å². The number of carbonyl (C=O) groups is 1. The molecule has 0 saturated heterocycles. The third-order valence-corrected chi connectivity index (χ3v) is 4.03. The maximum absolute atomic E-state index is 11.0. The van der Waals surface area contributed by atoms with Crippen molar-refractivity contribution in [3.05, 3.63) is 70.0 Å². The summed E-state index contributed by atoms with van der Waals surface area (Å²) in [5.74, 6) is -0.329. The predicted octanol–water partition coefficient (Wildman–Crippen LogP) is 3.38. The summed E-state index contributed by atoms with van der Waals surface area (Å²) in [6.45, 7) is 1.37. The van der Waals surface area contributed by atoms with Gasteiger partial charge in [-0.2, -0.15) is 16.4 Å². The molecule has 0 bridgehead atoms. The number of benzene rings is 1. The number of nitrogens with zero attached hydrogens (tertiary/aromatic N) is 2. The molecule has 0 amide bonds. The number of H-pyrrole nitrogens is 1. The normalized spacial score (nSPS) is 10.5. The van der Waals surface area contributed by atoms with Crippen molar-refractivity contribution in [2.45, 2.75) is 13.1 Å². The Kier molecular flexibility index (Phi) is 4.20. The monoisotopic (exact) mass is 313 g/mol. The quantitative estimate of drug-likeness (QED) is 0.732. The SMILES string of the molecule is O=C(O)c1cc(N(Cc2ccccc2)Cc2ccsc2)[nH]n1. The standard InChI is InChI=1S/C16H15N3O2S/c20-16(21)14-8-15(18-17-14)19(10-13-6-7-22-11-13)9-12-4-2-1-3-5-12/h1-8,11H,9-10H2,(H,17,18)(H,20,21). The molecule has 0 spiro atoms. The Morgan fingerprint density at radius 1 is 1.18 bits per heavy atom. The number of nitrogens with one attached hydrogen (secondary N) is 1. The van der Waals surface area contributed by atoms with Gasteiger partial charge in [0.05, 0.1) is 0 Å². The molecule has 0 unspecified atom stereocenters. The summed E-state index contributed by atoms with van der Waals surface area (Å²) in [6.07, 6.45) is 0. The molecule has 0 fully saturated rings. The summed E-state index contributed by atoms with van der Waals surface area (Å²) in [7, 11) is 0. The van der Waals surface area contributed by atoms with Gasteiger partial charge < -0.3 is 10.0 Å². The second-order valence-corrected chi connectivity index (χ2v) is 5.70. The number of carboxylic acid groups (broad SMARTS) is 1. The summed E-state index contributed by atoms with van der Waals surface area (Å²) in [5.41, 5.74) is 2.37. The fraction of sp³-hybridized carbons (Fsp3) is 0.125. The van der Waals surface area contributed by atoms with Gasteiger partial charge in [-0.1, -0.05) is 30.3 Å². The average molecular weight is 313 g/mol. The van der Waals surface area contributed by atoms with Crippen LogP contribution in [0.2, 0.25) is 0 Å². The molecule has 5 nitrogen and oxygen atoms in total. The Bertz CT molecular complexity index is 738. The predicted molar refractivity (Wildman–Crippen MR) is 86.2 cm³/mol. The zero-order valence-electron chi connectivity index (χ0n) is 11.8. The summed E-state index contributed by atoms with van der Waals surface area (Å²) in [5, 5.41) is 19.8. The van der Waals surface area contributed by atoms with E-state index in [1.165, 1.54) is 5.56 Å². The fourth-order valence-corrected chi connectivity index (χ4v) is 2.88. The zero-order valence-corrected chi connectivity index (χ0v) is 12.6.